The number of rotatable bonds is 10. The van der Waals surface area contributed by atoms with Crippen LogP contribution in [0.2, 0.25) is 0 Å². The van der Waals surface area contributed by atoms with Crippen molar-refractivity contribution < 1.29 is 14.2 Å². The van der Waals surface area contributed by atoms with Gasteiger partial charge in [-0.2, -0.15) is 5.10 Å². The van der Waals surface area contributed by atoms with Gasteiger partial charge in [0, 0.05) is 0 Å². The first-order valence-corrected chi connectivity index (χ1v) is 10.7. The van der Waals surface area contributed by atoms with Crippen LogP contribution in [0.3, 0.4) is 0 Å². The van der Waals surface area contributed by atoms with E-state index in [1.54, 1.807) is 13.3 Å². The molecule has 0 amide bonds. The number of nitrogens with zero attached hydrogens (tertiary/aromatic N) is 1. The quantitative estimate of drug-likeness (QED) is 0.157. The molecule has 8 heteroatoms. The smallest absolute Gasteiger partial charge is 0.184 e. The van der Waals surface area contributed by atoms with Gasteiger partial charge in [0.25, 0.3) is 0 Å². The number of hydrogen-bond acceptors (Lipinski definition) is 5. The van der Waals surface area contributed by atoms with Crippen molar-refractivity contribution >= 4 is 46.1 Å². The summed E-state index contributed by atoms with van der Waals surface area (Å²) in [5, 5.41) is 4.07. The summed E-state index contributed by atoms with van der Waals surface area (Å²) in [5.74, 6) is 2.67. The molecule has 0 aromatic heterocycles. The minimum atomic E-state index is 0.109. The summed E-state index contributed by atoms with van der Waals surface area (Å²) >= 11 is 6.92. The van der Waals surface area contributed by atoms with Crippen LogP contribution < -0.4 is 25.4 Å². The van der Waals surface area contributed by atoms with Gasteiger partial charge in [-0.25, -0.2) is 0 Å². The predicted octanol–water partition coefficient (Wildman–Crippen LogP) is 4.44. The minimum Gasteiger partial charge on any atom is -0.493 e. The maximum Gasteiger partial charge on any atom is 0.184 e. The Balaban J connectivity index is 1.92. The highest BCUT2D eigenvalue weighted by Gasteiger charge is 2.11. The standard InChI is InChI=1S/C21H26IN3O3S/c1-4-14(2)16-5-7-17(8-6-16)27-9-10-28-20-18(22)11-15(12-19(20)26-3)13-24-25-21(23)29/h5-8,11-14H,4,9-10H2,1-3H3,(H3,23,25,29)/b24-13-/t14-/m0/s1. The molecule has 156 valence electrons. The number of halogens is 1. The van der Waals surface area contributed by atoms with Gasteiger partial charge < -0.3 is 19.9 Å². The Labute approximate surface area is 190 Å². The molecule has 0 saturated carbocycles. The minimum absolute atomic E-state index is 0.109. The maximum atomic E-state index is 5.90. The first-order valence-electron chi connectivity index (χ1n) is 9.26. The second-order valence-electron chi connectivity index (χ2n) is 6.34. The van der Waals surface area contributed by atoms with Crippen LogP contribution in [0.5, 0.6) is 17.2 Å². The van der Waals surface area contributed by atoms with Gasteiger partial charge in [-0.15, -0.1) is 0 Å². The molecular formula is C21H26IN3O3S. The maximum absolute atomic E-state index is 5.90. The Kier molecular flexibility index (Phi) is 9.46. The number of hydrazone groups is 1. The lowest BCUT2D eigenvalue weighted by molar-refractivity contribution is 0.210. The third kappa shape index (κ3) is 7.36. The third-order valence-corrected chi connectivity index (χ3v) is 5.19. The second-order valence-corrected chi connectivity index (χ2v) is 7.95. The van der Waals surface area contributed by atoms with Gasteiger partial charge in [-0.3, -0.25) is 5.43 Å². The molecule has 0 saturated heterocycles. The van der Waals surface area contributed by atoms with Gasteiger partial charge in [0.15, 0.2) is 16.6 Å². The van der Waals surface area contributed by atoms with Crippen LogP contribution in [-0.4, -0.2) is 31.7 Å². The van der Waals surface area contributed by atoms with Crippen molar-refractivity contribution in [3.63, 3.8) is 0 Å². The molecule has 0 spiro atoms. The zero-order valence-electron chi connectivity index (χ0n) is 16.8. The fourth-order valence-corrected chi connectivity index (χ4v) is 3.39. The highest BCUT2D eigenvalue weighted by Crippen LogP contribution is 2.33. The van der Waals surface area contributed by atoms with E-state index < -0.39 is 0 Å². The molecule has 29 heavy (non-hydrogen) atoms. The van der Waals surface area contributed by atoms with Crippen LogP contribution >= 0.6 is 34.8 Å². The fourth-order valence-electron chi connectivity index (χ4n) is 2.56. The summed E-state index contributed by atoms with van der Waals surface area (Å²) < 4.78 is 18.0. The zero-order chi connectivity index (χ0) is 21.2. The van der Waals surface area contributed by atoms with E-state index in [-0.39, 0.29) is 5.11 Å². The molecule has 0 aliphatic carbocycles. The Morgan fingerprint density at radius 1 is 1.24 bits per heavy atom. The van der Waals surface area contributed by atoms with Gasteiger partial charge in [0.05, 0.1) is 16.9 Å². The largest absolute Gasteiger partial charge is 0.493 e. The van der Waals surface area contributed by atoms with Crippen molar-refractivity contribution in [2.75, 3.05) is 20.3 Å². The molecule has 1 atom stereocenters. The van der Waals surface area contributed by atoms with E-state index in [1.807, 2.05) is 24.3 Å². The highest BCUT2D eigenvalue weighted by atomic mass is 127. The van der Waals surface area contributed by atoms with Crippen molar-refractivity contribution in [2.24, 2.45) is 10.8 Å². The average molecular weight is 527 g/mol. The lowest BCUT2D eigenvalue weighted by atomic mass is 9.99. The summed E-state index contributed by atoms with van der Waals surface area (Å²) in [4.78, 5) is 0. The van der Waals surface area contributed by atoms with E-state index in [1.165, 1.54) is 5.56 Å². The summed E-state index contributed by atoms with van der Waals surface area (Å²) in [7, 11) is 1.60. The fraction of sp³-hybridized carbons (Fsp3) is 0.333. The van der Waals surface area contributed by atoms with Crippen LogP contribution in [0.4, 0.5) is 0 Å². The van der Waals surface area contributed by atoms with Gasteiger partial charge in [0.1, 0.15) is 19.0 Å². The SMILES string of the molecule is CC[C@H](C)c1ccc(OCCOc2c(I)cc(/C=N\NC(N)=S)cc2OC)cc1. The van der Waals surface area contributed by atoms with Crippen molar-refractivity contribution in [1.29, 1.82) is 0 Å². The van der Waals surface area contributed by atoms with Gasteiger partial charge in [-0.05, 0) is 82.5 Å². The molecule has 0 radical (unpaired) electrons. The topological polar surface area (TPSA) is 78.1 Å². The number of benzene rings is 2. The number of nitrogens with one attached hydrogen (secondary N) is 1. The van der Waals surface area contributed by atoms with Crippen LogP contribution in [-0.2, 0) is 0 Å². The summed E-state index contributed by atoms with van der Waals surface area (Å²) in [6.45, 7) is 5.24. The molecule has 0 unspecified atom stereocenters. The van der Waals surface area contributed by atoms with E-state index in [9.17, 15) is 0 Å². The lowest BCUT2D eigenvalue weighted by Gasteiger charge is -2.14. The number of nitrogens with two attached hydrogens (primary N) is 1. The Hall–Kier alpha value is -2.07. The summed E-state index contributed by atoms with van der Waals surface area (Å²) in [6, 6.07) is 12.0. The molecule has 2 aromatic carbocycles. The molecule has 0 heterocycles. The summed E-state index contributed by atoms with van der Waals surface area (Å²) in [6.07, 6.45) is 2.73. The van der Waals surface area contributed by atoms with Crippen molar-refractivity contribution in [2.45, 2.75) is 26.2 Å². The Morgan fingerprint density at radius 2 is 1.93 bits per heavy atom. The monoisotopic (exact) mass is 527 g/mol. The Morgan fingerprint density at radius 3 is 2.55 bits per heavy atom. The normalized spacial score (nSPS) is 11.9. The van der Waals surface area contributed by atoms with E-state index in [0.29, 0.717) is 30.6 Å². The number of ether oxygens (including phenoxy) is 3. The van der Waals surface area contributed by atoms with Gasteiger partial charge in [0.2, 0.25) is 0 Å². The second kappa shape index (κ2) is 11.8. The third-order valence-electron chi connectivity index (χ3n) is 4.30. The van der Waals surface area contributed by atoms with Crippen LogP contribution in [0.1, 0.15) is 37.3 Å². The highest BCUT2D eigenvalue weighted by molar-refractivity contribution is 14.1. The Bertz CT molecular complexity index is 844. The molecule has 0 aliphatic rings. The van der Waals surface area contributed by atoms with E-state index >= 15 is 0 Å². The molecule has 0 aliphatic heterocycles. The number of thiocarbonyl (C=S) groups is 1. The number of methoxy groups -OCH3 is 1. The van der Waals surface area contributed by atoms with Crippen LogP contribution in [0, 0.1) is 3.57 Å². The van der Waals surface area contributed by atoms with E-state index in [0.717, 1.165) is 21.3 Å². The molecule has 0 bridgehead atoms. The predicted molar refractivity (Wildman–Crippen MR) is 129 cm³/mol. The van der Waals surface area contributed by atoms with Gasteiger partial charge in [-0.1, -0.05) is 26.0 Å². The molecule has 0 fully saturated rings. The molecular weight excluding hydrogens is 501 g/mol. The van der Waals surface area contributed by atoms with Crippen LogP contribution in [0.25, 0.3) is 0 Å². The lowest BCUT2D eigenvalue weighted by Crippen LogP contribution is -2.24. The van der Waals surface area contributed by atoms with Crippen LogP contribution in [0.15, 0.2) is 41.5 Å². The van der Waals surface area contributed by atoms with Gasteiger partial charge >= 0.3 is 0 Å². The van der Waals surface area contributed by atoms with E-state index in [2.05, 4.69) is 59.1 Å². The van der Waals surface area contributed by atoms with Crippen molar-refractivity contribution in [3.05, 3.63) is 51.1 Å². The molecule has 2 rings (SSSR count). The first-order chi connectivity index (χ1) is 13.9. The van der Waals surface area contributed by atoms with Crippen molar-refractivity contribution in [1.82, 2.24) is 5.43 Å². The van der Waals surface area contributed by atoms with E-state index in [4.69, 9.17) is 32.2 Å². The first kappa shape index (κ1) is 23.2. The molecule has 3 N–H and O–H groups in total. The number of hydrogen-bond donors (Lipinski definition) is 2. The summed E-state index contributed by atoms with van der Waals surface area (Å²) in [5.41, 5.74) is 10.0. The molecule has 6 nitrogen and oxygen atoms in total. The molecule has 2 aromatic rings. The zero-order valence-corrected chi connectivity index (χ0v) is 19.7. The average Bonchev–Trinajstić information content (AvgIpc) is 2.71. The van der Waals surface area contributed by atoms with Crippen molar-refractivity contribution in [3.8, 4) is 17.2 Å².